The third-order valence-corrected chi connectivity index (χ3v) is 8.09. The Morgan fingerprint density at radius 3 is 2.26 bits per heavy atom. The van der Waals surface area contributed by atoms with Crippen molar-refractivity contribution in [1.82, 2.24) is 10.9 Å². The molecule has 3 aromatic rings. The molecule has 0 bridgehead atoms. The van der Waals surface area contributed by atoms with Gasteiger partial charge in [0.15, 0.2) is 0 Å². The number of hydrogen-bond acceptors (Lipinski definition) is 5. The van der Waals surface area contributed by atoms with Gasteiger partial charge in [0.1, 0.15) is 0 Å². The fourth-order valence-corrected chi connectivity index (χ4v) is 5.49. The summed E-state index contributed by atoms with van der Waals surface area (Å²) in [4.78, 5) is 25.5. The Morgan fingerprint density at radius 2 is 1.62 bits per heavy atom. The Labute approximate surface area is 212 Å². The van der Waals surface area contributed by atoms with E-state index in [-0.39, 0.29) is 27.8 Å². The Balaban J connectivity index is 1.69. The zero-order chi connectivity index (χ0) is 24.7. The van der Waals surface area contributed by atoms with E-state index in [0.717, 1.165) is 4.90 Å². The summed E-state index contributed by atoms with van der Waals surface area (Å²) in [6, 6.07) is 19.5. The van der Waals surface area contributed by atoms with Crippen LogP contribution in [0.15, 0.2) is 82.6 Å². The highest BCUT2D eigenvalue weighted by atomic mass is 35.5. The molecule has 0 aliphatic rings. The van der Waals surface area contributed by atoms with E-state index >= 15 is 0 Å². The van der Waals surface area contributed by atoms with Crippen molar-refractivity contribution in [2.24, 2.45) is 0 Å². The number of carbonyl (C=O) groups excluding carboxylic acids is 2. The van der Waals surface area contributed by atoms with Crippen LogP contribution in [0.3, 0.4) is 0 Å². The lowest BCUT2D eigenvalue weighted by Gasteiger charge is -2.23. The maximum Gasteiger partial charge on any atom is 0.271 e. The predicted octanol–water partition coefficient (Wildman–Crippen LogP) is 4.76. The van der Waals surface area contributed by atoms with Gasteiger partial charge in [0.25, 0.3) is 15.9 Å². The molecule has 34 heavy (non-hydrogen) atoms. The summed E-state index contributed by atoms with van der Waals surface area (Å²) in [6.45, 7) is 1.91. The number of thioether (sulfide) groups is 1. The highest BCUT2D eigenvalue weighted by molar-refractivity contribution is 8.00. The van der Waals surface area contributed by atoms with Crippen LogP contribution in [0, 0.1) is 0 Å². The van der Waals surface area contributed by atoms with Crippen molar-refractivity contribution in [3.05, 3.63) is 88.4 Å². The van der Waals surface area contributed by atoms with E-state index in [2.05, 4.69) is 10.9 Å². The molecule has 2 amide bonds. The number of benzene rings is 3. The van der Waals surface area contributed by atoms with Gasteiger partial charge < -0.3 is 0 Å². The van der Waals surface area contributed by atoms with Crippen molar-refractivity contribution < 1.29 is 18.0 Å². The molecule has 0 saturated carbocycles. The molecule has 7 nitrogen and oxygen atoms in total. The molecule has 11 heteroatoms. The predicted molar refractivity (Wildman–Crippen MR) is 136 cm³/mol. The van der Waals surface area contributed by atoms with Crippen LogP contribution in [0.5, 0.6) is 0 Å². The number of anilines is 1. The molecule has 0 radical (unpaired) electrons. The van der Waals surface area contributed by atoms with Gasteiger partial charge in [-0.3, -0.25) is 24.7 Å². The zero-order valence-corrected chi connectivity index (χ0v) is 21.1. The van der Waals surface area contributed by atoms with Gasteiger partial charge in [0.2, 0.25) is 5.91 Å². The standard InChI is InChI=1S/C23H21Cl2N3O4S2/c1-2-28(17-6-4-3-5-7-17)34(31,32)19-12-13-21(25)20(14-19)23(30)27-26-22(29)15-33-18-10-8-16(24)9-11-18/h3-14H,2,15H2,1H3,(H,26,29)(H,27,30). The van der Waals surface area contributed by atoms with Gasteiger partial charge in [-0.1, -0.05) is 41.4 Å². The molecule has 178 valence electrons. The summed E-state index contributed by atoms with van der Waals surface area (Å²) in [6.07, 6.45) is 0. The molecule has 3 rings (SSSR count). The minimum atomic E-state index is -3.96. The van der Waals surface area contributed by atoms with E-state index in [0.29, 0.717) is 10.7 Å². The van der Waals surface area contributed by atoms with E-state index in [4.69, 9.17) is 23.2 Å². The number of amides is 2. The van der Waals surface area contributed by atoms with Crippen LogP contribution in [-0.4, -0.2) is 32.5 Å². The molecular formula is C23H21Cl2N3O4S2. The average Bonchev–Trinajstić information content (AvgIpc) is 2.83. The fourth-order valence-electron chi connectivity index (χ4n) is 2.96. The fraction of sp³-hybridized carbons (Fsp3) is 0.130. The number of carbonyl (C=O) groups is 2. The molecule has 0 aliphatic heterocycles. The van der Waals surface area contributed by atoms with Gasteiger partial charge in [-0.25, -0.2) is 8.42 Å². The first-order chi connectivity index (χ1) is 16.2. The Kier molecular flexibility index (Phi) is 8.84. The van der Waals surface area contributed by atoms with Crippen LogP contribution >= 0.6 is 35.0 Å². The summed E-state index contributed by atoms with van der Waals surface area (Å²) in [5.74, 6) is -1.14. The molecule has 2 N–H and O–H groups in total. The summed E-state index contributed by atoms with van der Waals surface area (Å²) in [7, 11) is -3.96. The third-order valence-electron chi connectivity index (χ3n) is 4.60. The molecule has 0 atom stereocenters. The van der Waals surface area contributed by atoms with Crippen LogP contribution in [0.25, 0.3) is 0 Å². The third kappa shape index (κ3) is 6.44. The smallest absolute Gasteiger partial charge is 0.271 e. The van der Waals surface area contributed by atoms with Crippen LogP contribution in [0.1, 0.15) is 17.3 Å². The van der Waals surface area contributed by atoms with E-state index in [9.17, 15) is 18.0 Å². The van der Waals surface area contributed by atoms with Crippen LogP contribution < -0.4 is 15.2 Å². The minimum absolute atomic E-state index is 0.0454. The molecule has 0 aliphatic carbocycles. The van der Waals surface area contributed by atoms with Crippen molar-refractivity contribution in [3.8, 4) is 0 Å². The monoisotopic (exact) mass is 537 g/mol. The van der Waals surface area contributed by atoms with Crippen molar-refractivity contribution in [3.63, 3.8) is 0 Å². The van der Waals surface area contributed by atoms with Crippen molar-refractivity contribution in [1.29, 1.82) is 0 Å². The molecule has 0 spiro atoms. The van der Waals surface area contributed by atoms with Gasteiger partial charge in [0, 0.05) is 16.5 Å². The van der Waals surface area contributed by atoms with Crippen molar-refractivity contribution in [2.45, 2.75) is 16.7 Å². The average molecular weight is 538 g/mol. The number of hydrogen-bond donors (Lipinski definition) is 2. The Hall–Kier alpha value is -2.72. The molecular weight excluding hydrogens is 517 g/mol. The van der Waals surface area contributed by atoms with Gasteiger partial charge in [-0.2, -0.15) is 0 Å². The SMILES string of the molecule is CCN(c1ccccc1)S(=O)(=O)c1ccc(Cl)c(C(=O)NNC(=O)CSc2ccc(Cl)cc2)c1. The largest absolute Gasteiger partial charge is 0.272 e. The lowest BCUT2D eigenvalue weighted by Crippen LogP contribution is -2.42. The second-order valence-corrected chi connectivity index (χ2v) is 10.6. The first kappa shape index (κ1) is 25.9. The molecule has 3 aromatic carbocycles. The van der Waals surface area contributed by atoms with Crippen LogP contribution in [0.2, 0.25) is 10.0 Å². The quantitative estimate of drug-likeness (QED) is 0.319. The normalized spacial score (nSPS) is 11.0. The number of halogens is 2. The lowest BCUT2D eigenvalue weighted by atomic mass is 10.2. The van der Waals surface area contributed by atoms with E-state index < -0.39 is 21.8 Å². The number of nitrogens with one attached hydrogen (secondary N) is 2. The Morgan fingerprint density at radius 1 is 0.941 bits per heavy atom. The number of hydrazine groups is 1. The van der Waals surface area contributed by atoms with Crippen molar-refractivity contribution >= 4 is 62.5 Å². The summed E-state index contributed by atoms with van der Waals surface area (Å²) < 4.78 is 27.7. The van der Waals surface area contributed by atoms with E-state index in [1.807, 2.05) is 0 Å². The Bertz CT molecular complexity index is 1270. The first-order valence-corrected chi connectivity index (χ1v) is 13.3. The number of sulfonamides is 1. The number of nitrogens with zero attached hydrogens (tertiary/aromatic N) is 1. The highest BCUT2D eigenvalue weighted by Gasteiger charge is 2.25. The maximum absolute atomic E-state index is 13.2. The molecule has 0 unspecified atom stereocenters. The summed E-state index contributed by atoms with van der Waals surface area (Å²) in [5.41, 5.74) is 4.99. The minimum Gasteiger partial charge on any atom is -0.272 e. The van der Waals surface area contributed by atoms with Crippen LogP contribution in [0.4, 0.5) is 5.69 Å². The number of para-hydroxylation sites is 1. The molecule has 0 heterocycles. The summed E-state index contributed by atoms with van der Waals surface area (Å²) >= 11 is 13.2. The first-order valence-electron chi connectivity index (χ1n) is 10.1. The molecule has 0 fully saturated rings. The van der Waals surface area contributed by atoms with Gasteiger partial charge in [0.05, 0.1) is 26.9 Å². The number of rotatable bonds is 8. The van der Waals surface area contributed by atoms with Gasteiger partial charge in [-0.05, 0) is 61.5 Å². The maximum atomic E-state index is 13.2. The highest BCUT2D eigenvalue weighted by Crippen LogP contribution is 2.26. The van der Waals surface area contributed by atoms with Gasteiger partial charge in [-0.15, -0.1) is 11.8 Å². The second-order valence-electron chi connectivity index (χ2n) is 6.89. The molecule has 0 saturated heterocycles. The summed E-state index contributed by atoms with van der Waals surface area (Å²) in [5, 5.41) is 0.636. The van der Waals surface area contributed by atoms with Gasteiger partial charge >= 0.3 is 0 Å². The second kappa shape index (κ2) is 11.6. The topological polar surface area (TPSA) is 95.6 Å². The molecule has 0 aromatic heterocycles. The van der Waals surface area contributed by atoms with Crippen molar-refractivity contribution in [2.75, 3.05) is 16.6 Å². The van der Waals surface area contributed by atoms with E-state index in [1.165, 1.54) is 34.3 Å². The van der Waals surface area contributed by atoms with Crippen LogP contribution in [-0.2, 0) is 14.8 Å². The lowest BCUT2D eigenvalue weighted by molar-refractivity contribution is -0.119. The van der Waals surface area contributed by atoms with E-state index in [1.54, 1.807) is 61.5 Å². The zero-order valence-electron chi connectivity index (χ0n) is 18.0.